The smallest absolute Gasteiger partial charge is 0.271 e. The van der Waals surface area contributed by atoms with Gasteiger partial charge in [-0.1, -0.05) is 6.92 Å². The summed E-state index contributed by atoms with van der Waals surface area (Å²) >= 11 is 0. The van der Waals surface area contributed by atoms with Crippen LogP contribution in [-0.2, 0) is 17.8 Å². The van der Waals surface area contributed by atoms with E-state index in [1.54, 1.807) is 7.05 Å². The molecule has 0 aromatic carbocycles. The van der Waals surface area contributed by atoms with Gasteiger partial charge >= 0.3 is 0 Å². The lowest BCUT2D eigenvalue weighted by molar-refractivity contribution is 0.0947. The van der Waals surface area contributed by atoms with Gasteiger partial charge in [0.1, 0.15) is 5.69 Å². The summed E-state index contributed by atoms with van der Waals surface area (Å²) in [6.07, 6.45) is 1.43. The van der Waals surface area contributed by atoms with Gasteiger partial charge < -0.3 is 11.1 Å². The minimum Gasteiger partial charge on any atom is -0.396 e. The molecule has 0 aliphatic rings. The van der Waals surface area contributed by atoms with Gasteiger partial charge in [-0.05, 0) is 0 Å². The number of aromatic nitrogens is 2. The van der Waals surface area contributed by atoms with Crippen LogP contribution < -0.4 is 11.1 Å². The molecule has 7 heteroatoms. The Hall–Kier alpha value is -1.37. The van der Waals surface area contributed by atoms with Crippen LogP contribution >= 0.6 is 0 Å². The lowest BCUT2D eigenvalue weighted by Gasteiger charge is -2.05. The number of amides is 1. The van der Waals surface area contributed by atoms with Gasteiger partial charge in [0.05, 0.1) is 11.9 Å². The van der Waals surface area contributed by atoms with Crippen molar-refractivity contribution in [2.45, 2.75) is 6.92 Å². The Morgan fingerprint density at radius 2 is 2.38 bits per heavy atom. The van der Waals surface area contributed by atoms with Crippen molar-refractivity contribution in [3.05, 3.63) is 11.9 Å². The number of aryl methyl sites for hydroxylation is 1. The molecule has 1 aromatic heterocycles. The number of carbonyl (C=O) groups excluding carboxylic acids is 1. The average molecular weight is 244 g/mol. The Balaban J connectivity index is 2.50. The van der Waals surface area contributed by atoms with E-state index in [1.165, 1.54) is 10.9 Å². The number of nitrogens with one attached hydrogen (secondary N) is 1. The topological polar surface area (TPSA) is 90.0 Å². The van der Waals surface area contributed by atoms with Crippen LogP contribution in [-0.4, -0.2) is 37.9 Å². The zero-order valence-electron chi connectivity index (χ0n) is 9.40. The first-order chi connectivity index (χ1) is 7.56. The molecule has 90 valence electrons. The van der Waals surface area contributed by atoms with Crippen LogP contribution in [0.2, 0.25) is 0 Å². The van der Waals surface area contributed by atoms with E-state index in [-0.39, 0.29) is 5.91 Å². The van der Waals surface area contributed by atoms with Gasteiger partial charge in [-0.2, -0.15) is 5.10 Å². The first kappa shape index (κ1) is 12.7. The molecule has 16 heavy (non-hydrogen) atoms. The zero-order chi connectivity index (χ0) is 12.1. The van der Waals surface area contributed by atoms with Gasteiger partial charge in [0, 0.05) is 35.9 Å². The van der Waals surface area contributed by atoms with Crippen molar-refractivity contribution < 1.29 is 9.00 Å². The van der Waals surface area contributed by atoms with Crippen molar-refractivity contribution in [2.75, 3.05) is 23.8 Å². The first-order valence-corrected chi connectivity index (χ1v) is 6.45. The van der Waals surface area contributed by atoms with Crippen molar-refractivity contribution in [1.82, 2.24) is 15.1 Å². The number of hydrogen-bond acceptors (Lipinski definition) is 4. The molecule has 0 saturated carbocycles. The fourth-order valence-corrected chi connectivity index (χ4v) is 1.86. The summed E-state index contributed by atoms with van der Waals surface area (Å²) in [6.45, 7) is 2.22. The minimum absolute atomic E-state index is 0.286. The highest BCUT2D eigenvalue weighted by Gasteiger charge is 2.14. The molecule has 1 amide bonds. The van der Waals surface area contributed by atoms with E-state index in [2.05, 4.69) is 10.4 Å². The molecule has 1 unspecified atom stereocenters. The number of anilines is 1. The van der Waals surface area contributed by atoms with E-state index in [4.69, 9.17) is 5.73 Å². The molecule has 0 aliphatic heterocycles. The molecule has 1 aromatic rings. The van der Waals surface area contributed by atoms with Gasteiger partial charge in [-0.3, -0.25) is 13.7 Å². The average Bonchev–Trinajstić information content (AvgIpc) is 2.58. The largest absolute Gasteiger partial charge is 0.396 e. The van der Waals surface area contributed by atoms with Gasteiger partial charge in [0.15, 0.2) is 0 Å². The summed E-state index contributed by atoms with van der Waals surface area (Å²) < 4.78 is 12.5. The predicted molar refractivity (Wildman–Crippen MR) is 63.5 cm³/mol. The third-order valence-corrected chi connectivity index (χ3v) is 3.42. The van der Waals surface area contributed by atoms with Crippen LogP contribution in [0.25, 0.3) is 0 Å². The molecular formula is C9H16N4O2S. The van der Waals surface area contributed by atoms with Crippen LogP contribution in [0, 0.1) is 0 Å². The van der Waals surface area contributed by atoms with E-state index in [0.717, 1.165) is 0 Å². The Labute approximate surface area is 96.7 Å². The van der Waals surface area contributed by atoms with E-state index < -0.39 is 10.8 Å². The second-order valence-corrected chi connectivity index (χ2v) is 5.13. The van der Waals surface area contributed by atoms with E-state index in [1.807, 2.05) is 6.92 Å². The molecule has 0 radical (unpaired) electrons. The second-order valence-electron chi connectivity index (χ2n) is 3.26. The summed E-state index contributed by atoms with van der Waals surface area (Å²) in [7, 11) is 0.779. The number of nitrogen functional groups attached to an aromatic ring is 1. The van der Waals surface area contributed by atoms with E-state index in [0.29, 0.717) is 29.4 Å². The summed E-state index contributed by atoms with van der Waals surface area (Å²) in [6, 6.07) is 0. The van der Waals surface area contributed by atoms with Gasteiger partial charge in [0.2, 0.25) is 0 Å². The summed E-state index contributed by atoms with van der Waals surface area (Å²) in [4.78, 5) is 11.7. The monoisotopic (exact) mass is 244 g/mol. The van der Waals surface area contributed by atoms with Gasteiger partial charge in [-0.15, -0.1) is 0 Å². The SMILES string of the molecule is CCS(=O)CCNC(=O)c1c(N)cnn1C. The normalized spacial score (nSPS) is 12.4. The molecule has 3 N–H and O–H groups in total. The molecular weight excluding hydrogens is 228 g/mol. The van der Waals surface area contributed by atoms with Gasteiger partial charge in [-0.25, -0.2) is 0 Å². The third kappa shape index (κ3) is 3.06. The van der Waals surface area contributed by atoms with Crippen molar-refractivity contribution in [3.8, 4) is 0 Å². The molecule has 0 spiro atoms. The van der Waals surface area contributed by atoms with Crippen molar-refractivity contribution in [2.24, 2.45) is 7.05 Å². The Kier molecular flexibility index (Phi) is 4.48. The van der Waals surface area contributed by atoms with E-state index >= 15 is 0 Å². The lowest BCUT2D eigenvalue weighted by atomic mass is 10.3. The second kappa shape index (κ2) is 5.64. The van der Waals surface area contributed by atoms with Gasteiger partial charge in [0.25, 0.3) is 5.91 Å². The summed E-state index contributed by atoms with van der Waals surface area (Å²) in [5, 5.41) is 6.53. The fraction of sp³-hybridized carbons (Fsp3) is 0.556. The fourth-order valence-electron chi connectivity index (χ4n) is 1.24. The summed E-state index contributed by atoms with van der Waals surface area (Å²) in [5.41, 5.74) is 6.28. The maximum atomic E-state index is 11.7. The van der Waals surface area contributed by atoms with Crippen molar-refractivity contribution in [3.63, 3.8) is 0 Å². The molecule has 0 bridgehead atoms. The number of carbonyl (C=O) groups is 1. The predicted octanol–water partition coefficient (Wildman–Crippen LogP) is -0.499. The molecule has 1 heterocycles. The van der Waals surface area contributed by atoms with E-state index in [9.17, 15) is 9.00 Å². The molecule has 1 rings (SSSR count). The number of rotatable bonds is 5. The maximum absolute atomic E-state index is 11.7. The standard InChI is InChI=1S/C9H16N4O2S/c1-3-16(15)5-4-11-9(14)8-7(10)6-12-13(8)2/h6H,3-5,10H2,1-2H3,(H,11,14). The van der Waals surface area contributed by atoms with Crippen LogP contribution in [0.15, 0.2) is 6.20 Å². The molecule has 0 saturated heterocycles. The highest BCUT2D eigenvalue weighted by atomic mass is 32.2. The number of hydrogen-bond donors (Lipinski definition) is 2. The van der Waals surface area contributed by atoms with Crippen LogP contribution in [0.1, 0.15) is 17.4 Å². The number of nitrogens with zero attached hydrogens (tertiary/aromatic N) is 2. The van der Waals surface area contributed by atoms with Crippen LogP contribution in [0.4, 0.5) is 5.69 Å². The third-order valence-electron chi connectivity index (χ3n) is 2.12. The molecule has 0 fully saturated rings. The summed E-state index contributed by atoms with van der Waals surface area (Å²) in [5.74, 6) is 0.773. The van der Waals surface area contributed by atoms with Crippen molar-refractivity contribution in [1.29, 1.82) is 0 Å². The zero-order valence-corrected chi connectivity index (χ0v) is 10.2. The van der Waals surface area contributed by atoms with Crippen LogP contribution in [0.3, 0.4) is 0 Å². The Bertz CT molecular complexity index is 383. The Morgan fingerprint density at radius 3 is 2.88 bits per heavy atom. The highest BCUT2D eigenvalue weighted by Crippen LogP contribution is 2.08. The maximum Gasteiger partial charge on any atom is 0.271 e. The Morgan fingerprint density at radius 1 is 1.69 bits per heavy atom. The quantitative estimate of drug-likeness (QED) is 0.730. The highest BCUT2D eigenvalue weighted by molar-refractivity contribution is 7.84. The first-order valence-electron chi connectivity index (χ1n) is 4.97. The molecule has 1 atom stereocenters. The minimum atomic E-state index is -0.869. The lowest BCUT2D eigenvalue weighted by Crippen LogP contribution is -2.30. The molecule has 6 nitrogen and oxygen atoms in total. The number of nitrogens with two attached hydrogens (primary N) is 1. The van der Waals surface area contributed by atoms with Crippen molar-refractivity contribution >= 4 is 22.4 Å². The van der Waals surface area contributed by atoms with Crippen LogP contribution in [0.5, 0.6) is 0 Å². The molecule has 0 aliphatic carbocycles.